The molecule has 1 rings (SSSR count). The standard InChI is InChI=1S/C9H10ClN3O3/c1-16-9-6(3-2-4-11-9)8(15)13-12-7(14)5-10/h2-4H,5H2,1H3,(H,12,14)(H,13,15). The Labute approximate surface area is 96.9 Å². The number of ether oxygens (including phenoxy) is 1. The number of hydrogen-bond donors (Lipinski definition) is 2. The molecule has 1 heterocycles. The van der Waals surface area contributed by atoms with Crippen LogP contribution in [0.15, 0.2) is 18.3 Å². The van der Waals surface area contributed by atoms with Crippen LogP contribution >= 0.6 is 11.6 Å². The fraction of sp³-hybridized carbons (Fsp3) is 0.222. The minimum absolute atomic E-state index is 0.181. The first kappa shape index (κ1) is 12.3. The summed E-state index contributed by atoms with van der Waals surface area (Å²) in [6.07, 6.45) is 1.49. The summed E-state index contributed by atoms with van der Waals surface area (Å²) in [4.78, 5) is 26.2. The van der Waals surface area contributed by atoms with Gasteiger partial charge in [-0.15, -0.1) is 11.6 Å². The Bertz CT molecular complexity index is 397. The molecular weight excluding hydrogens is 234 g/mol. The van der Waals surface area contributed by atoms with Crippen LogP contribution in [0.5, 0.6) is 5.88 Å². The van der Waals surface area contributed by atoms with E-state index in [0.717, 1.165) is 0 Å². The molecule has 7 heteroatoms. The monoisotopic (exact) mass is 243 g/mol. The average Bonchev–Trinajstić information content (AvgIpc) is 2.35. The molecule has 2 N–H and O–H groups in total. The summed E-state index contributed by atoms with van der Waals surface area (Å²) in [7, 11) is 1.40. The van der Waals surface area contributed by atoms with E-state index in [-0.39, 0.29) is 17.3 Å². The molecule has 86 valence electrons. The SMILES string of the molecule is COc1ncccc1C(=O)NNC(=O)CCl. The highest BCUT2D eigenvalue weighted by Gasteiger charge is 2.12. The van der Waals surface area contributed by atoms with Crippen LogP contribution in [0.3, 0.4) is 0 Å². The Hall–Kier alpha value is -1.82. The summed E-state index contributed by atoms with van der Waals surface area (Å²) in [6, 6.07) is 3.11. The number of rotatable bonds is 3. The van der Waals surface area contributed by atoms with E-state index in [0.29, 0.717) is 0 Å². The maximum absolute atomic E-state index is 11.6. The maximum Gasteiger partial charge on any atom is 0.275 e. The molecule has 0 unspecified atom stereocenters. The van der Waals surface area contributed by atoms with Crippen LogP contribution in [0.2, 0.25) is 0 Å². The molecule has 0 bridgehead atoms. The van der Waals surface area contributed by atoms with Crippen molar-refractivity contribution in [1.29, 1.82) is 0 Å². The van der Waals surface area contributed by atoms with Gasteiger partial charge < -0.3 is 4.74 Å². The van der Waals surface area contributed by atoms with Crippen molar-refractivity contribution in [3.63, 3.8) is 0 Å². The molecule has 2 amide bonds. The lowest BCUT2D eigenvalue weighted by molar-refractivity contribution is -0.119. The van der Waals surface area contributed by atoms with E-state index >= 15 is 0 Å². The van der Waals surface area contributed by atoms with Crippen LogP contribution in [-0.2, 0) is 4.79 Å². The summed E-state index contributed by atoms with van der Waals surface area (Å²) in [6.45, 7) is 0. The number of methoxy groups -OCH3 is 1. The van der Waals surface area contributed by atoms with Crippen LogP contribution in [0.4, 0.5) is 0 Å². The number of carbonyl (C=O) groups excluding carboxylic acids is 2. The van der Waals surface area contributed by atoms with Gasteiger partial charge >= 0.3 is 0 Å². The molecule has 0 aliphatic heterocycles. The number of pyridine rings is 1. The number of aromatic nitrogens is 1. The molecule has 0 aliphatic carbocycles. The Morgan fingerprint density at radius 2 is 2.25 bits per heavy atom. The Balaban J connectivity index is 2.69. The minimum Gasteiger partial charge on any atom is -0.480 e. The van der Waals surface area contributed by atoms with Crippen molar-refractivity contribution < 1.29 is 14.3 Å². The molecular formula is C9H10ClN3O3. The van der Waals surface area contributed by atoms with E-state index in [1.165, 1.54) is 19.4 Å². The molecule has 0 spiro atoms. The van der Waals surface area contributed by atoms with Crippen molar-refractivity contribution in [1.82, 2.24) is 15.8 Å². The van der Waals surface area contributed by atoms with Crippen LogP contribution in [0.1, 0.15) is 10.4 Å². The quantitative estimate of drug-likeness (QED) is 0.582. The molecule has 0 saturated heterocycles. The van der Waals surface area contributed by atoms with Crippen LogP contribution in [0.25, 0.3) is 0 Å². The predicted octanol–water partition coefficient (Wildman–Crippen LogP) is 0.0900. The maximum atomic E-state index is 11.6. The van der Waals surface area contributed by atoms with Crippen molar-refractivity contribution >= 4 is 23.4 Å². The summed E-state index contributed by atoms with van der Waals surface area (Å²) >= 11 is 5.24. The van der Waals surface area contributed by atoms with Gasteiger partial charge in [0.25, 0.3) is 11.8 Å². The Morgan fingerprint density at radius 3 is 2.88 bits per heavy atom. The van der Waals surface area contributed by atoms with Gasteiger partial charge in [0.05, 0.1) is 7.11 Å². The zero-order chi connectivity index (χ0) is 12.0. The number of carbonyl (C=O) groups is 2. The average molecular weight is 244 g/mol. The normalized spacial score (nSPS) is 9.38. The number of alkyl halides is 1. The highest BCUT2D eigenvalue weighted by molar-refractivity contribution is 6.27. The van der Waals surface area contributed by atoms with E-state index < -0.39 is 11.8 Å². The summed E-state index contributed by atoms with van der Waals surface area (Å²) < 4.78 is 4.89. The molecule has 1 aromatic heterocycles. The van der Waals surface area contributed by atoms with E-state index in [9.17, 15) is 9.59 Å². The lowest BCUT2D eigenvalue weighted by Crippen LogP contribution is -2.42. The van der Waals surface area contributed by atoms with Crippen molar-refractivity contribution in [2.45, 2.75) is 0 Å². The van der Waals surface area contributed by atoms with Crippen molar-refractivity contribution in [2.24, 2.45) is 0 Å². The highest BCUT2D eigenvalue weighted by Crippen LogP contribution is 2.12. The fourth-order valence-electron chi connectivity index (χ4n) is 0.954. The first-order valence-electron chi connectivity index (χ1n) is 4.33. The number of halogens is 1. The molecule has 0 radical (unpaired) electrons. The molecule has 0 atom stereocenters. The van der Waals surface area contributed by atoms with Gasteiger partial charge in [0.15, 0.2) is 0 Å². The molecule has 16 heavy (non-hydrogen) atoms. The zero-order valence-electron chi connectivity index (χ0n) is 8.49. The van der Waals surface area contributed by atoms with Gasteiger partial charge in [-0.1, -0.05) is 0 Å². The third-order valence-corrected chi connectivity index (χ3v) is 1.89. The van der Waals surface area contributed by atoms with Gasteiger partial charge in [-0.3, -0.25) is 20.4 Å². The number of nitrogens with one attached hydrogen (secondary N) is 2. The lowest BCUT2D eigenvalue weighted by Gasteiger charge is -2.08. The second kappa shape index (κ2) is 5.92. The topological polar surface area (TPSA) is 80.3 Å². The minimum atomic E-state index is -0.525. The Morgan fingerprint density at radius 1 is 1.50 bits per heavy atom. The van der Waals surface area contributed by atoms with Gasteiger partial charge in [0.2, 0.25) is 5.88 Å². The smallest absolute Gasteiger partial charge is 0.275 e. The summed E-state index contributed by atoms with van der Waals surface area (Å²) in [5.74, 6) is -1.08. The second-order valence-electron chi connectivity index (χ2n) is 2.70. The Kier molecular flexibility index (Phi) is 4.53. The molecule has 0 fully saturated rings. The van der Waals surface area contributed by atoms with Crippen LogP contribution in [-0.4, -0.2) is 29.8 Å². The van der Waals surface area contributed by atoms with Gasteiger partial charge in [0, 0.05) is 6.20 Å². The van der Waals surface area contributed by atoms with E-state index in [1.54, 1.807) is 6.07 Å². The van der Waals surface area contributed by atoms with Crippen molar-refractivity contribution in [3.05, 3.63) is 23.9 Å². The third kappa shape index (κ3) is 3.09. The first-order valence-corrected chi connectivity index (χ1v) is 4.86. The van der Waals surface area contributed by atoms with E-state index in [2.05, 4.69) is 15.8 Å². The second-order valence-corrected chi connectivity index (χ2v) is 2.96. The van der Waals surface area contributed by atoms with Crippen LogP contribution in [0, 0.1) is 0 Å². The van der Waals surface area contributed by atoms with Gasteiger partial charge in [-0.25, -0.2) is 4.98 Å². The fourth-order valence-corrected chi connectivity index (χ4v) is 1.02. The molecule has 0 aromatic carbocycles. The van der Waals surface area contributed by atoms with Gasteiger partial charge in [0.1, 0.15) is 11.4 Å². The van der Waals surface area contributed by atoms with Gasteiger partial charge in [-0.05, 0) is 12.1 Å². The molecule has 0 aliphatic rings. The van der Waals surface area contributed by atoms with Crippen molar-refractivity contribution in [3.8, 4) is 5.88 Å². The third-order valence-electron chi connectivity index (χ3n) is 1.65. The molecule has 1 aromatic rings. The number of hydrazine groups is 1. The number of nitrogens with zero attached hydrogens (tertiary/aromatic N) is 1. The first-order chi connectivity index (χ1) is 7.69. The summed E-state index contributed by atoms with van der Waals surface area (Å²) in [5.41, 5.74) is 4.53. The molecule has 6 nitrogen and oxygen atoms in total. The van der Waals surface area contributed by atoms with Gasteiger partial charge in [-0.2, -0.15) is 0 Å². The lowest BCUT2D eigenvalue weighted by atomic mass is 10.2. The highest BCUT2D eigenvalue weighted by atomic mass is 35.5. The van der Waals surface area contributed by atoms with E-state index in [1.807, 2.05) is 0 Å². The van der Waals surface area contributed by atoms with Crippen LogP contribution < -0.4 is 15.6 Å². The predicted molar refractivity (Wildman–Crippen MR) is 57.1 cm³/mol. The zero-order valence-corrected chi connectivity index (χ0v) is 9.25. The number of amides is 2. The van der Waals surface area contributed by atoms with E-state index in [4.69, 9.17) is 16.3 Å². The largest absolute Gasteiger partial charge is 0.480 e. The number of hydrogen-bond acceptors (Lipinski definition) is 4. The summed E-state index contributed by atoms with van der Waals surface area (Å²) in [5, 5.41) is 0. The molecule has 0 saturated carbocycles. The van der Waals surface area contributed by atoms with Crippen molar-refractivity contribution in [2.75, 3.05) is 13.0 Å².